The minimum Gasteiger partial charge on any atom is -0.299 e. The van der Waals surface area contributed by atoms with E-state index >= 15 is 0 Å². The first kappa shape index (κ1) is 14.5. The van der Waals surface area contributed by atoms with Crippen molar-refractivity contribution >= 4 is 16.4 Å². The van der Waals surface area contributed by atoms with Crippen LogP contribution in [0.25, 0.3) is 0 Å². The van der Waals surface area contributed by atoms with Crippen molar-refractivity contribution < 1.29 is 17.8 Å². The first-order chi connectivity index (χ1) is 7.41. The molecule has 0 saturated heterocycles. The van der Waals surface area contributed by atoms with Crippen LogP contribution in [0.1, 0.15) is 12.5 Å². The van der Waals surface area contributed by atoms with Gasteiger partial charge in [-0.3, -0.25) is 9.35 Å². The van der Waals surface area contributed by atoms with Crippen molar-refractivity contribution in [2.45, 2.75) is 18.7 Å². The van der Waals surface area contributed by atoms with Crippen LogP contribution in [0.4, 0.5) is 0 Å². The van der Waals surface area contributed by atoms with Crippen LogP contribution in [0, 0.1) is 6.92 Å². The number of allylic oxidation sites excluding steroid dienone is 2. The first-order valence-corrected chi connectivity index (χ1v) is 5.96. The highest BCUT2D eigenvalue weighted by molar-refractivity contribution is 7.85. The van der Waals surface area contributed by atoms with Gasteiger partial charge < -0.3 is 0 Å². The Morgan fingerprint density at radius 3 is 1.94 bits per heavy atom. The highest BCUT2D eigenvalue weighted by Gasteiger charge is 2.06. The molecule has 16 heavy (non-hydrogen) atoms. The standard InChI is InChI=1S/C7H8O3S.C4H6O/c1-6-2-4-7(5-3-6)11(8,9)10;1-2-3-4-5/h2-5H,1H3,(H,8,9,10);2-4H,1H3. The zero-order valence-corrected chi connectivity index (χ0v) is 9.94. The molecule has 1 aromatic rings. The van der Waals surface area contributed by atoms with E-state index in [4.69, 9.17) is 4.55 Å². The van der Waals surface area contributed by atoms with Crippen LogP contribution in [0.3, 0.4) is 0 Å². The van der Waals surface area contributed by atoms with E-state index in [0.717, 1.165) is 11.8 Å². The molecule has 1 rings (SSSR count). The lowest BCUT2D eigenvalue weighted by Gasteiger charge is -1.95. The Morgan fingerprint density at radius 1 is 1.19 bits per heavy atom. The van der Waals surface area contributed by atoms with E-state index in [9.17, 15) is 13.2 Å². The maximum absolute atomic E-state index is 10.5. The molecular weight excluding hydrogens is 228 g/mol. The smallest absolute Gasteiger partial charge is 0.294 e. The Labute approximate surface area is 95.4 Å². The molecule has 5 heteroatoms. The second-order valence-electron chi connectivity index (χ2n) is 2.95. The van der Waals surface area contributed by atoms with Gasteiger partial charge in [-0.1, -0.05) is 23.8 Å². The van der Waals surface area contributed by atoms with Gasteiger partial charge >= 0.3 is 0 Å². The fourth-order valence-electron chi connectivity index (χ4n) is 0.789. The second-order valence-corrected chi connectivity index (χ2v) is 4.37. The summed E-state index contributed by atoms with van der Waals surface area (Å²) in [5.41, 5.74) is 0.956. The van der Waals surface area contributed by atoms with E-state index in [0.29, 0.717) is 0 Å². The average Bonchev–Trinajstić information content (AvgIpc) is 2.19. The molecule has 0 aliphatic carbocycles. The van der Waals surface area contributed by atoms with Crippen LogP contribution in [-0.2, 0) is 14.9 Å². The Hall–Kier alpha value is -1.46. The molecule has 0 bridgehead atoms. The molecular formula is C11H14O4S. The Morgan fingerprint density at radius 2 is 1.69 bits per heavy atom. The van der Waals surface area contributed by atoms with Crippen molar-refractivity contribution in [2.75, 3.05) is 0 Å². The number of carbonyl (C=O) groups excluding carboxylic acids is 1. The van der Waals surface area contributed by atoms with Crippen molar-refractivity contribution in [3.8, 4) is 0 Å². The topological polar surface area (TPSA) is 71.4 Å². The van der Waals surface area contributed by atoms with Gasteiger partial charge in [-0.2, -0.15) is 8.42 Å². The quantitative estimate of drug-likeness (QED) is 0.489. The van der Waals surface area contributed by atoms with Gasteiger partial charge in [0, 0.05) is 0 Å². The van der Waals surface area contributed by atoms with Gasteiger partial charge in [0.15, 0.2) is 0 Å². The van der Waals surface area contributed by atoms with Gasteiger partial charge in [0.05, 0.1) is 4.90 Å². The minimum atomic E-state index is -4.02. The summed E-state index contributed by atoms with van der Waals surface area (Å²) in [7, 11) is -4.02. The normalized spacial score (nSPS) is 10.7. The molecule has 0 unspecified atom stereocenters. The molecule has 0 fully saturated rings. The van der Waals surface area contributed by atoms with Crippen LogP contribution in [0.5, 0.6) is 0 Å². The highest BCUT2D eigenvalue weighted by atomic mass is 32.2. The van der Waals surface area contributed by atoms with Crippen molar-refractivity contribution in [3.05, 3.63) is 42.0 Å². The lowest BCUT2D eigenvalue weighted by Crippen LogP contribution is -1.96. The zero-order valence-electron chi connectivity index (χ0n) is 9.12. The fraction of sp³-hybridized carbons (Fsp3) is 0.182. The number of aldehydes is 1. The fourth-order valence-corrected chi connectivity index (χ4v) is 1.27. The molecule has 0 saturated carbocycles. The Bertz CT molecular complexity index is 443. The van der Waals surface area contributed by atoms with Crippen LogP contribution in [0.2, 0.25) is 0 Å². The molecule has 0 aliphatic rings. The van der Waals surface area contributed by atoms with Gasteiger partial charge in [-0.25, -0.2) is 0 Å². The largest absolute Gasteiger partial charge is 0.299 e. The number of carbonyl (C=O) groups is 1. The van der Waals surface area contributed by atoms with Gasteiger partial charge in [0.25, 0.3) is 10.1 Å². The second kappa shape index (κ2) is 6.92. The highest BCUT2D eigenvalue weighted by Crippen LogP contribution is 2.08. The van der Waals surface area contributed by atoms with E-state index in [1.54, 1.807) is 25.1 Å². The molecule has 0 heterocycles. The molecule has 0 spiro atoms. The van der Waals surface area contributed by atoms with Gasteiger partial charge in [0.2, 0.25) is 0 Å². The molecule has 1 aromatic carbocycles. The Kier molecular flexibility index (Phi) is 6.29. The van der Waals surface area contributed by atoms with Crippen LogP contribution < -0.4 is 0 Å². The predicted molar refractivity (Wildman–Crippen MR) is 61.9 cm³/mol. The number of rotatable bonds is 2. The van der Waals surface area contributed by atoms with E-state index in [2.05, 4.69) is 0 Å². The molecule has 0 radical (unpaired) electrons. The summed E-state index contributed by atoms with van der Waals surface area (Å²) < 4.78 is 29.6. The zero-order chi connectivity index (χ0) is 12.6. The van der Waals surface area contributed by atoms with E-state index in [1.807, 2.05) is 6.92 Å². The molecule has 4 nitrogen and oxygen atoms in total. The summed E-state index contributed by atoms with van der Waals surface area (Å²) in [6, 6.07) is 5.99. The summed E-state index contributed by atoms with van der Waals surface area (Å²) in [6.07, 6.45) is 3.88. The van der Waals surface area contributed by atoms with E-state index in [1.165, 1.54) is 18.2 Å². The number of aryl methyl sites for hydroxylation is 1. The molecule has 0 atom stereocenters. The number of benzene rings is 1. The third kappa shape index (κ3) is 6.10. The lowest BCUT2D eigenvalue weighted by atomic mass is 10.2. The monoisotopic (exact) mass is 242 g/mol. The predicted octanol–water partition coefficient (Wildman–Crippen LogP) is 2.00. The van der Waals surface area contributed by atoms with Crippen molar-refractivity contribution in [3.63, 3.8) is 0 Å². The maximum Gasteiger partial charge on any atom is 0.294 e. The minimum absolute atomic E-state index is 0.0666. The summed E-state index contributed by atoms with van der Waals surface area (Å²) >= 11 is 0. The van der Waals surface area contributed by atoms with E-state index < -0.39 is 10.1 Å². The molecule has 88 valence electrons. The van der Waals surface area contributed by atoms with E-state index in [-0.39, 0.29) is 4.90 Å². The summed E-state index contributed by atoms with van der Waals surface area (Å²) in [5.74, 6) is 0. The average molecular weight is 242 g/mol. The summed E-state index contributed by atoms with van der Waals surface area (Å²) in [5, 5.41) is 0. The molecule has 0 amide bonds. The molecule has 0 aliphatic heterocycles. The molecule has 0 aromatic heterocycles. The van der Waals surface area contributed by atoms with Gasteiger partial charge in [-0.05, 0) is 32.1 Å². The SMILES string of the molecule is CC=CC=O.Cc1ccc(S(=O)(=O)O)cc1. The van der Waals surface area contributed by atoms with Crippen LogP contribution >= 0.6 is 0 Å². The van der Waals surface area contributed by atoms with Crippen molar-refractivity contribution in [2.24, 2.45) is 0 Å². The number of hydrogen-bond acceptors (Lipinski definition) is 3. The third-order valence-corrected chi connectivity index (χ3v) is 2.46. The van der Waals surface area contributed by atoms with Crippen LogP contribution in [-0.4, -0.2) is 19.3 Å². The lowest BCUT2D eigenvalue weighted by molar-refractivity contribution is -0.104. The number of hydrogen-bond donors (Lipinski definition) is 1. The van der Waals surface area contributed by atoms with Crippen molar-refractivity contribution in [1.82, 2.24) is 0 Å². The Balaban J connectivity index is 0.000000385. The summed E-state index contributed by atoms with van der Waals surface area (Å²) in [4.78, 5) is 9.25. The van der Waals surface area contributed by atoms with Crippen LogP contribution in [0.15, 0.2) is 41.3 Å². The first-order valence-electron chi connectivity index (χ1n) is 4.52. The maximum atomic E-state index is 10.5. The summed E-state index contributed by atoms with van der Waals surface area (Å²) in [6.45, 7) is 3.64. The molecule has 1 N–H and O–H groups in total. The van der Waals surface area contributed by atoms with Crippen molar-refractivity contribution in [1.29, 1.82) is 0 Å². The van der Waals surface area contributed by atoms with Gasteiger partial charge in [-0.15, -0.1) is 0 Å². The van der Waals surface area contributed by atoms with Gasteiger partial charge in [0.1, 0.15) is 6.29 Å². The third-order valence-electron chi connectivity index (χ3n) is 1.59.